The molecular formula is C17H17N. The van der Waals surface area contributed by atoms with Gasteiger partial charge in [-0.25, -0.2) is 0 Å². The fourth-order valence-electron chi connectivity index (χ4n) is 2.36. The summed E-state index contributed by atoms with van der Waals surface area (Å²) in [5, 5.41) is 1.29. The van der Waals surface area contributed by atoms with Crippen molar-refractivity contribution in [3.63, 3.8) is 0 Å². The number of H-pyrrole nitrogens is 1. The molecule has 1 aromatic heterocycles. The molecule has 90 valence electrons. The van der Waals surface area contributed by atoms with Crippen molar-refractivity contribution in [2.45, 2.75) is 19.8 Å². The molecule has 18 heavy (non-hydrogen) atoms. The summed E-state index contributed by atoms with van der Waals surface area (Å²) >= 11 is 0. The highest BCUT2D eigenvalue weighted by Gasteiger charge is 2.06. The fraction of sp³-hybridized carbons (Fsp3) is 0.176. The average Bonchev–Trinajstić information content (AvgIpc) is 2.82. The second-order valence-corrected chi connectivity index (χ2v) is 5.02. The summed E-state index contributed by atoms with van der Waals surface area (Å²) in [6.07, 6.45) is 2.09. The van der Waals surface area contributed by atoms with Gasteiger partial charge >= 0.3 is 0 Å². The van der Waals surface area contributed by atoms with Gasteiger partial charge in [0.15, 0.2) is 0 Å². The lowest BCUT2D eigenvalue weighted by molar-refractivity contribution is 0.867. The van der Waals surface area contributed by atoms with Gasteiger partial charge in [-0.15, -0.1) is 0 Å². The van der Waals surface area contributed by atoms with Crippen molar-refractivity contribution in [3.05, 3.63) is 60.3 Å². The van der Waals surface area contributed by atoms with Gasteiger partial charge in [0.05, 0.1) is 0 Å². The van der Waals surface area contributed by atoms with Crippen LogP contribution in [0, 0.1) is 0 Å². The van der Waals surface area contributed by atoms with Crippen LogP contribution in [0.1, 0.15) is 25.3 Å². The first kappa shape index (κ1) is 11.1. The molecule has 1 N–H and O–H groups in total. The van der Waals surface area contributed by atoms with E-state index in [4.69, 9.17) is 0 Å². The van der Waals surface area contributed by atoms with Crippen molar-refractivity contribution < 1.29 is 0 Å². The first-order valence-corrected chi connectivity index (χ1v) is 6.42. The van der Waals surface area contributed by atoms with Crippen molar-refractivity contribution in [2.75, 3.05) is 0 Å². The molecule has 0 amide bonds. The smallest absolute Gasteiger partial charge is 0.0460 e. The zero-order valence-electron chi connectivity index (χ0n) is 10.8. The topological polar surface area (TPSA) is 15.8 Å². The summed E-state index contributed by atoms with van der Waals surface area (Å²) in [4.78, 5) is 3.32. The number of rotatable bonds is 2. The molecule has 0 atom stereocenters. The van der Waals surface area contributed by atoms with Crippen LogP contribution in [0.4, 0.5) is 0 Å². The highest BCUT2D eigenvalue weighted by Crippen LogP contribution is 2.29. The van der Waals surface area contributed by atoms with E-state index in [0.29, 0.717) is 5.92 Å². The predicted molar refractivity (Wildman–Crippen MR) is 77.8 cm³/mol. The second-order valence-electron chi connectivity index (χ2n) is 5.02. The zero-order chi connectivity index (χ0) is 12.5. The first-order chi connectivity index (χ1) is 8.75. The summed E-state index contributed by atoms with van der Waals surface area (Å²) in [7, 11) is 0. The van der Waals surface area contributed by atoms with Gasteiger partial charge in [0.1, 0.15) is 0 Å². The van der Waals surface area contributed by atoms with Gasteiger partial charge < -0.3 is 4.98 Å². The van der Waals surface area contributed by atoms with E-state index in [1.54, 1.807) is 0 Å². The molecule has 1 nitrogen and oxygen atoms in total. The van der Waals surface area contributed by atoms with E-state index >= 15 is 0 Å². The Morgan fingerprint density at radius 1 is 0.889 bits per heavy atom. The van der Waals surface area contributed by atoms with Crippen LogP contribution in [0.2, 0.25) is 0 Å². The molecule has 2 aromatic carbocycles. The van der Waals surface area contributed by atoms with Crippen LogP contribution in [0.25, 0.3) is 22.0 Å². The maximum absolute atomic E-state index is 3.32. The number of para-hydroxylation sites is 1. The van der Waals surface area contributed by atoms with E-state index < -0.39 is 0 Å². The maximum Gasteiger partial charge on any atom is 0.0460 e. The van der Waals surface area contributed by atoms with Crippen LogP contribution < -0.4 is 0 Å². The fourth-order valence-corrected chi connectivity index (χ4v) is 2.36. The average molecular weight is 235 g/mol. The molecule has 0 radical (unpaired) electrons. The molecule has 0 saturated carbocycles. The normalized spacial score (nSPS) is 11.3. The maximum atomic E-state index is 3.32. The minimum absolute atomic E-state index is 0.585. The quantitative estimate of drug-likeness (QED) is 0.646. The summed E-state index contributed by atoms with van der Waals surface area (Å²) < 4.78 is 0. The Hall–Kier alpha value is -2.02. The molecule has 0 fully saturated rings. The molecule has 0 aliphatic carbocycles. The third-order valence-corrected chi connectivity index (χ3v) is 3.48. The standard InChI is InChI=1S/C17H17N/c1-12(2)13-7-9-14(10-8-13)16-11-18-17-6-4-3-5-15(16)17/h3-12,18H,1-2H3. The molecule has 0 aliphatic rings. The van der Waals surface area contributed by atoms with Crippen LogP contribution in [0.15, 0.2) is 54.7 Å². The number of benzene rings is 2. The van der Waals surface area contributed by atoms with Gasteiger partial charge in [0, 0.05) is 22.7 Å². The Labute approximate surface area is 107 Å². The second kappa shape index (κ2) is 4.34. The molecule has 3 rings (SSSR count). The zero-order valence-corrected chi connectivity index (χ0v) is 10.8. The summed E-state index contributed by atoms with van der Waals surface area (Å²) in [6, 6.07) is 17.3. The number of aromatic nitrogens is 1. The van der Waals surface area contributed by atoms with E-state index in [1.807, 2.05) is 0 Å². The van der Waals surface area contributed by atoms with Crippen molar-refractivity contribution in [3.8, 4) is 11.1 Å². The third kappa shape index (κ3) is 1.82. The monoisotopic (exact) mass is 235 g/mol. The lowest BCUT2D eigenvalue weighted by Gasteiger charge is -2.06. The van der Waals surface area contributed by atoms with Gasteiger partial charge in [-0.2, -0.15) is 0 Å². The lowest BCUT2D eigenvalue weighted by atomic mass is 9.98. The van der Waals surface area contributed by atoms with Gasteiger partial charge in [-0.1, -0.05) is 56.3 Å². The highest BCUT2D eigenvalue weighted by atomic mass is 14.7. The van der Waals surface area contributed by atoms with Gasteiger partial charge in [-0.3, -0.25) is 0 Å². The van der Waals surface area contributed by atoms with E-state index in [1.165, 1.54) is 27.6 Å². The molecule has 0 spiro atoms. The molecule has 0 unspecified atom stereocenters. The number of fused-ring (bicyclic) bond motifs is 1. The number of aromatic amines is 1. The van der Waals surface area contributed by atoms with E-state index in [-0.39, 0.29) is 0 Å². The van der Waals surface area contributed by atoms with Crippen molar-refractivity contribution >= 4 is 10.9 Å². The van der Waals surface area contributed by atoms with Gasteiger partial charge in [0.2, 0.25) is 0 Å². The van der Waals surface area contributed by atoms with Crippen LogP contribution in [-0.2, 0) is 0 Å². The molecule has 1 heterocycles. The lowest BCUT2D eigenvalue weighted by Crippen LogP contribution is -1.86. The third-order valence-electron chi connectivity index (χ3n) is 3.48. The van der Waals surface area contributed by atoms with E-state index in [9.17, 15) is 0 Å². The number of hydrogen-bond acceptors (Lipinski definition) is 0. The minimum atomic E-state index is 0.585. The Morgan fingerprint density at radius 3 is 2.33 bits per heavy atom. The largest absolute Gasteiger partial charge is 0.361 e. The van der Waals surface area contributed by atoms with E-state index in [2.05, 4.69) is 73.6 Å². The summed E-state index contributed by atoms with van der Waals surface area (Å²) in [6.45, 7) is 4.45. The molecule has 0 aliphatic heterocycles. The highest BCUT2D eigenvalue weighted by molar-refractivity contribution is 5.95. The van der Waals surface area contributed by atoms with E-state index in [0.717, 1.165) is 0 Å². The van der Waals surface area contributed by atoms with Crippen LogP contribution in [-0.4, -0.2) is 4.98 Å². The molecule has 0 saturated heterocycles. The van der Waals surface area contributed by atoms with Gasteiger partial charge in [-0.05, 0) is 23.1 Å². The van der Waals surface area contributed by atoms with Crippen molar-refractivity contribution in [1.82, 2.24) is 4.98 Å². The molecule has 0 bridgehead atoms. The first-order valence-electron chi connectivity index (χ1n) is 6.42. The molecule has 1 heteroatoms. The number of nitrogens with one attached hydrogen (secondary N) is 1. The SMILES string of the molecule is CC(C)c1ccc(-c2c[nH]c3ccccc23)cc1. The Balaban J connectivity index is 2.09. The Morgan fingerprint density at radius 2 is 1.61 bits per heavy atom. The molecular weight excluding hydrogens is 218 g/mol. The molecule has 3 aromatic rings. The Kier molecular flexibility index (Phi) is 2.67. The predicted octanol–water partition coefficient (Wildman–Crippen LogP) is 4.96. The minimum Gasteiger partial charge on any atom is -0.361 e. The van der Waals surface area contributed by atoms with Crippen LogP contribution >= 0.6 is 0 Å². The summed E-state index contributed by atoms with van der Waals surface area (Å²) in [5.74, 6) is 0.585. The summed E-state index contributed by atoms with van der Waals surface area (Å²) in [5.41, 5.74) is 5.14. The Bertz CT molecular complexity index is 659. The van der Waals surface area contributed by atoms with Crippen molar-refractivity contribution in [2.24, 2.45) is 0 Å². The van der Waals surface area contributed by atoms with Crippen LogP contribution in [0.5, 0.6) is 0 Å². The van der Waals surface area contributed by atoms with Gasteiger partial charge in [0.25, 0.3) is 0 Å². The number of hydrogen-bond donors (Lipinski definition) is 1. The van der Waals surface area contributed by atoms with Crippen LogP contribution in [0.3, 0.4) is 0 Å². The van der Waals surface area contributed by atoms with Crippen molar-refractivity contribution in [1.29, 1.82) is 0 Å².